The molecule has 0 N–H and O–H groups in total. The number of benzene rings is 8. The molecule has 2 heteroatoms. The van der Waals surface area contributed by atoms with Gasteiger partial charge in [-0.3, -0.25) is 0 Å². The van der Waals surface area contributed by atoms with Crippen LogP contribution >= 0.6 is 0 Å². The van der Waals surface area contributed by atoms with E-state index in [9.17, 15) is 0 Å². The third-order valence-electron chi connectivity index (χ3n) is 11.5. The van der Waals surface area contributed by atoms with E-state index in [2.05, 4.69) is 230 Å². The highest BCUT2D eigenvalue weighted by Crippen LogP contribution is 2.50. The van der Waals surface area contributed by atoms with E-state index in [1.54, 1.807) is 0 Å². The molecule has 1 heterocycles. The van der Waals surface area contributed by atoms with Gasteiger partial charge in [0.25, 0.3) is 0 Å². The minimum Gasteiger partial charge on any atom is -0.317 e. The molecule has 0 saturated heterocycles. The Bertz CT molecular complexity index is 2790. The van der Waals surface area contributed by atoms with E-state index in [1.165, 1.54) is 66.5 Å². The summed E-state index contributed by atoms with van der Waals surface area (Å²) in [4.78, 5) is 2.39. The van der Waals surface area contributed by atoms with Gasteiger partial charge in [-0.05, 0) is 122 Å². The molecule has 1 aliphatic rings. The van der Waals surface area contributed by atoms with Crippen molar-refractivity contribution >= 4 is 28.0 Å². The van der Waals surface area contributed by atoms with Crippen LogP contribution in [0, 0.1) is 0 Å². The predicted molar refractivity (Wildman–Crippen MR) is 232 cm³/mol. The van der Waals surface area contributed by atoms with E-state index < -0.39 is 0 Å². The molecule has 0 radical (unpaired) electrons. The summed E-state index contributed by atoms with van der Waals surface area (Å²) >= 11 is 0. The van der Waals surface area contributed by atoms with Crippen molar-refractivity contribution in [3.8, 4) is 50.2 Å². The Morgan fingerprint density at radius 3 is 1.51 bits per heavy atom. The van der Waals surface area contributed by atoms with Gasteiger partial charge in [0, 0.05) is 39.7 Å². The van der Waals surface area contributed by atoms with Crippen molar-refractivity contribution in [2.45, 2.75) is 19.3 Å². The lowest BCUT2D eigenvalue weighted by Crippen LogP contribution is -2.16. The standard InChI is InChI=1S/C53H40N2/c1-53(2)50-16-10-9-15-48(50)49-31-30-47(36-51(49)53)55(45-26-19-39(20-27-45)37-11-5-3-6-12-37)46-28-21-41(22-29-46)40-17-24-44(25-18-40)54-34-33-43-35-42(23-32-52(43)54)38-13-7-4-8-14-38/h3-36H,1-2H3. The zero-order valence-corrected chi connectivity index (χ0v) is 31.0. The first kappa shape index (κ1) is 32.7. The number of hydrogen-bond acceptors (Lipinski definition) is 1. The number of nitrogens with zero attached hydrogens (tertiary/aromatic N) is 2. The fourth-order valence-electron chi connectivity index (χ4n) is 8.51. The summed E-state index contributed by atoms with van der Waals surface area (Å²) in [6.07, 6.45) is 2.17. The summed E-state index contributed by atoms with van der Waals surface area (Å²) in [6, 6.07) is 72.8. The lowest BCUT2D eigenvalue weighted by Gasteiger charge is -2.28. The molecule has 0 atom stereocenters. The van der Waals surface area contributed by atoms with Crippen LogP contribution in [0.3, 0.4) is 0 Å². The normalized spacial score (nSPS) is 12.7. The topological polar surface area (TPSA) is 8.17 Å². The van der Waals surface area contributed by atoms with Gasteiger partial charge < -0.3 is 9.47 Å². The molecule has 0 spiro atoms. The van der Waals surface area contributed by atoms with Crippen LogP contribution in [0.1, 0.15) is 25.0 Å². The first-order valence-electron chi connectivity index (χ1n) is 19.1. The molecule has 1 aliphatic carbocycles. The highest BCUT2D eigenvalue weighted by molar-refractivity contribution is 5.88. The summed E-state index contributed by atoms with van der Waals surface area (Å²) in [5.74, 6) is 0. The zero-order chi connectivity index (χ0) is 36.9. The van der Waals surface area contributed by atoms with Gasteiger partial charge in [-0.15, -0.1) is 0 Å². The number of anilines is 3. The maximum atomic E-state index is 2.40. The monoisotopic (exact) mass is 704 g/mol. The third kappa shape index (κ3) is 5.75. The van der Waals surface area contributed by atoms with Crippen molar-refractivity contribution < 1.29 is 0 Å². The van der Waals surface area contributed by atoms with E-state index in [-0.39, 0.29) is 5.41 Å². The van der Waals surface area contributed by atoms with Gasteiger partial charge in [-0.2, -0.15) is 0 Å². The van der Waals surface area contributed by atoms with Gasteiger partial charge in [-0.25, -0.2) is 0 Å². The predicted octanol–water partition coefficient (Wildman–Crippen LogP) is 14.4. The lowest BCUT2D eigenvalue weighted by atomic mass is 9.82. The molecule has 8 aromatic carbocycles. The van der Waals surface area contributed by atoms with Crippen molar-refractivity contribution in [3.05, 3.63) is 218 Å². The second-order valence-corrected chi connectivity index (χ2v) is 15.1. The second-order valence-electron chi connectivity index (χ2n) is 15.1. The smallest absolute Gasteiger partial charge is 0.0528 e. The van der Waals surface area contributed by atoms with Crippen LogP contribution in [0.4, 0.5) is 17.1 Å². The van der Waals surface area contributed by atoms with E-state index in [0.717, 1.165) is 22.7 Å². The van der Waals surface area contributed by atoms with E-state index >= 15 is 0 Å². The molecule has 9 aromatic rings. The number of fused-ring (bicyclic) bond motifs is 4. The minimum atomic E-state index is -0.0845. The van der Waals surface area contributed by atoms with Crippen LogP contribution in [0.15, 0.2) is 206 Å². The van der Waals surface area contributed by atoms with Crippen molar-refractivity contribution in [3.63, 3.8) is 0 Å². The quantitative estimate of drug-likeness (QED) is 0.160. The van der Waals surface area contributed by atoms with Crippen LogP contribution in [0.5, 0.6) is 0 Å². The van der Waals surface area contributed by atoms with Gasteiger partial charge in [0.15, 0.2) is 0 Å². The molecule has 0 fully saturated rings. The largest absolute Gasteiger partial charge is 0.317 e. The summed E-state index contributed by atoms with van der Waals surface area (Å²) < 4.78 is 2.27. The van der Waals surface area contributed by atoms with E-state index in [1.807, 2.05) is 0 Å². The van der Waals surface area contributed by atoms with Crippen molar-refractivity contribution in [2.24, 2.45) is 0 Å². The molecule has 0 unspecified atom stereocenters. The van der Waals surface area contributed by atoms with Crippen LogP contribution in [-0.2, 0) is 5.41 Å². The molecule has 2 nitrogen and oxygen atoms in total. The van der Waals surface area contributed by atoms with Crippen LogP contribution in [-0.4, -0.2) is 4.57 Å². The highest BCUT2D eigenvalue weighted by atomic mass is 15.1. The molecule has 55 heavy (non-hydrogen) atoms. The first-order chi connectivity index (χ1) is 27.0. The SMILES string of the molecule is CC1(C)c2ccccc2-c2ccc(N(c3ccc(-c4ccccc4)cc3)c3ccc(-c4ccc(-n5ccc6cc(-c7ccccc7)ccc65)cc4)cc3)cc21. The Hall–Kier alpha value is -6.90. The fraction of sp³-hybridized carbons (Fsp3) is 0.0566. The summed E-state index contributed by atoms with van der Waals surface area (Å²) in [5.41, 5.74) is 18.3. The van der Waals surface area contributed by atoms with E-state index in [4.69, 9.17) is 0 Å². The Kier molecular flexibility index (Phi) is 7.85. The van der Waals surface area contributed by atoms with Gasteiger partial charge in [0.2, 0.25) is 0 Å². The molecule has 1 aromatic heterocycles. The Morgan fingerprint density at radius 1 is 0.382 bits per heavy atom. The number of aromatic nitrogens is 1. The van der Waals surface area contributed by atoms with E-state index in [0.29, 0.717) is 0 Å². The summed E-state index contributed by atoms with van der Waals surface area (Å²) in [5, 5.41) is 1.23. The van der Waals surface area contributed by atoms with Crippen LogP contribution < -0.4 is 4.90 Å². The zero-order valence-electron chi connectivity index (χ0n) is 31.0. The Labute approximate surface area is 323 Å². The molecular formula is C53H40N2. The highest BCUT2D eigenvalue weighted by Gasteiger charge is 2.35. The fourth-order valence-corrected chi connectivity index (χ4v) is 8.51. The average molecular weight is 705 g/mol. The summed E-state index contributed by atoms with van der Waals surface area (Å²) in [7, 11) is 0. The molecule has 0 amide bonds. The molecule has 10 rings (SSSR count). The van der Waals surface area contributed by atoms with Crippen molar-refractivity contribution in [1.82, 2.24) is 4.57 Å². The molecular weight excluding hydrogens is 665 g/mol. The lowest BCUT2D eigenvalue weighted by molar-refractivity contribution is 0.660. The van der Waals surface area contributed by atoms with Gasteiger partial charge in [-0.1, -0.05) is 147 Å². The molecule has 0 aliphatic heterocycles. The maximum absolute atomic E-state index is 2.40. The molecule has 262 valence electrons. The van der Waals surface area contributed by atoms with Crippen molar-refractivity contribution in [1.29, 1.82) is 0 Å². The van der Waals surface area contributed by atoms with Gasteiger partial charge >= 0.3 is 0 Å². The number of hydrogen-bond donors (Lipinski definition) is 0. The molecule has 0 saturated carbocycles. The first-order valence-corrected chi connectivity index (χ1v) is 19.1. The second kappa shape index (κ2) is 13.2. The van der Waals surface area contributed by atoms with Crippen LogP contribution in [0.25, 0.3) is 61.1 Å². The Balaban J connectivity index is 0.977. The number of rotatable bonds is 7. The molecule has 0 bridgehead atoms. The maximum Gasteiger partial charge on any atom is 0.0528 e. The van der Waals surface area contributed by atoms with Gasteiger partial charge in [0.1, 0.15) is 0 Å². The van der Waals surface area contributed by atoms with Crippen molar-refractivity contribution in [2.75, 3.05) is 4.90 Å². The average Bonchev–Trinajstić information content (AvgIpc) is 3.78. The third-order valence-corrected chi connectivity index (χ3v) is 11.5. The summed E-state index contributed by atoms with van der Waals surface area (Å²) in [6.45, 7) is 4.70. The van der Waals surface area contributed by atoms with Gasteiger partial charge in [0.05, 0.1) is 5.52 Å². The van der Waals surface area contributed by atoms with Crippen LogP contribution in [0.2, 0.25) is 0 Å². The minimum absolute atomic E-state index is 0.0845. The Morgan fingerprint density at radius 2 is 0.873 bits per heavy atom.